The molecule has 0 fully saturated rings. The zero-order chi connectivity index (χ0) is 15.1. The van der Waals surface area contributed by atoms with Gasteiger partial charge in [0.05, 0.1) is 26.4 Å². The number of methoxy groups -OCH3 is 1. The topological polar surface area (TPSA) is 50.7 Å². The van der Waals surface area contributed by atoms with Crippen LogP contribution in [0.5, 0.6) is 11.5 Å². The lowest BCUT2D eigenvalue weighted by molar-refractivity contribution is 0.275. The first-order valence-corrected chi connectivity index (χ1v) is 7.01. The second-order valence-corrected chi connectivity index (χ2v) is 4.62. The lowest BCUT2D eigenvalue weighted by Gasteiger charge is -2.19. The van der Waals surface area contributed by atoms with E-state index in [0.29, 0.717) is 6.61 Å². The molecule has 0 heterocycles. The van der Waals surface area contributed by atoms with Crippen molar-refractivity contribution < 1.29 is 14.6 Å². The first-order chi connectivity index (χ1) is 10.3. The predicted octanol–water partition coefficient (Wildman–Crippen LogP) is 3.24. The average molecular weight is 287 g/mol. The molecule has 2 rings (SSSR count). The molecule has 21 heavy (non-hydrogen) atoms. The van der Waals surface area contributed by atoms with Gasteiger partial charge in [0.15, 0.2) is 0 Å². The highest BCUT2D eigenvalue weighted by Gasteiger charge is 2.11. The molecule has 2 N–H and O–H groups in total. The molecule has 2 aromatic rings. The number of benzene rings is 2. The number of hydrogen-bond acceptors (Lipinski definition) is 4. The maximum atomic E-state index is 9.65. The summed E-state index contributed by atoms with van der Waals surface area (Å²) in [7, 11) is 1.63. The Bertz CT molecular complexity index is 571. The second-order valence-electron chi connectivity index (χ2n) is 4.62. The number of hydrogen-bond donors (Lipinski definition) is 2. The van der Waals surface area contributed by atoms with E-state index in [9.17, 15) is 5.11 Å². The Morgan fingerprint density at radius 3 is 2.57 bits per heavy atom. The van der Waals surface area contributed by atoms with Crippen molar-refractivity contribution in [2.45, 2.75) is 13.0 Å². The van der Waals surface area contributed by atoms with Crippen LogP contribution in [0, 0.1) is 0 Å². The Morgan fingerprint density at radius 2 is 1.86 bits per heavy atom. The molecule has 2 aromatic carbocycles. The summed E-state index contributed by atoms with van der Waals surface area (Å²) in [6, 6.07) is 15.2. The summed E-state index contributed by atoms with van der Waals surface area (Å²) in [5.41, 5.74) is 1.88. The number of aliphatic hydroxyl groups is 1. The van der Waals surface area contributed by atoms with Crippen LogP contribution in [0.4, 0.5) is 5.69 Å². The summed E-state index contributed by atoms with van der Waals surface area (Å²) in [5, 5.41) is 13.0. The van der Waals surface area contributed by atoms with Crippen LogP contribution in [-0.4, -0.2) is 25.4 Å². The number of rotatable bonds is 7. The highest BCUT2D eigenvalue weighted by molar-refractivity contribution is 5.50. The maximum absolute atomic E-state index is 9.65. The van der Waals surface area contributed by atoms with Crippen molar-refractivity contribution in [3.63, 3.8) is 0 Å². The van der Waals surface area contributed by atoms with Gasteiger partial charge in [-0.15, -0.1) is 0 Å². The van der Waals surface area contributed by atoms with E-state index in [2.05, 4.69) is 5.32 Å². The van der Waals surface area contributed by atoms with Crippen LogP contribution in [0.25, 0.3) is 0 Å². The van der Waals surface area contributed by atoms with Crippen molar-refractivity contribution >= 4 is 5.69 Å². The molecule has 1 atom stereocenters. The third-order valence-corrected chi connectivity index (χ3v) is 3.16. The molecule has 0 saturated heterocycles. The van der Waals surface area contributed by atoms with Crippen molar-refractivity contribution in [2.24, 2.45) is 0 Å². The Labute approximate surface area is 125 Å². The van der Waals surface area contributed by atoms with Gasteiger partial charge < -0.3 is 19.9 Å². The van der Waals surface area contributed by atoms with Crippen LogP contribution in [0.1, 0.15) is 18.5 Å². The van der Waals surface area contributed by atoms with E-state index in [0.717, 1.165) is 22.7 Å². The van der Waals surface area contributed by atoms with Gasteiger partial charge >= 0.3 is 0 Å². The zero-order valence-electron chi connectivity index (χ0n) is 12.4. The SMILES string of the molecule is CCOc1cccc(C(CO)Nc2cccc(OC)c2)c1. The standard InChI is InChI=1S/C17H21NO3/c1-3-21-16-9-4-6-13(10-16)17(12-19)18-14-7-5-8-15(11-14)20-2/h4-11,17-19H,3,12H2,1-2H3. The van der Waals surface area contributed by atoms with Gasteiger partial charge in [0.25, 0.3) is 0 Å². The molecule has 0 aliphatic carbocycles. The van der Waals surface area contributed by atoms with Gasteiger partial charge in [0, 0.05) is 11.8 Å². The van der Waals surface area contributed by atoms with E-state index in [1.165, 1.54) is 0 Å². The third-order valence-electron chi connectivity index (χ3n) is 3.16. The maximum Gasteiger partial charge on any atom is 0.120 e. The normalized spacial score (nSPS) is 11.8. The molecular weight excluding hydrogens is 266 g/mol. The molecule has 1 unspecified atom stereocenters. The van der Waals surface area contributed by atoms with Gasteiger partial charge in [-0.2, -0.15) is 0 Å². The fourth-order valence-corrected chi connectivity index (χ4v) is 2.14. The number of anilines is 1. The Kier molecular flexibility index (Phi) is 5.46. The monoisotopic (exact) mass is 287 g/mol. The Morgan fingerprint density at radius 1 is 1.10 bits per heavy atom. The van der Waals surface area contributed by atoms with Crippen LogP contribution < -0.4 is 14.8 Å². The van der Waals surface area contributed by atoms with Gasteiger partial charge in [0.2, 0.25) is 0 Å². The smallest absolute Gasteiger partial charge is 0.120 e. The van der Waals surface area contributed by atoms with Gasteiger partial charge in [-0.1, -0.05) is 18.2 Å². The van der Waals surface area contributed by atoms with Crippen molar-refractivity contribution in [1.29, 1.82) is 0 Å². The van der Waals surface area contributed by atoms with Gasteiger partial charge in [-0.05, 0) is 36.8 Å². The van der Waals surface area contributed by atoms with Crippen molar-refractivity contribution in [3.05, 3.63) is 54.1 Å². The largest absolute Gasteiger partial charge is 0.497 e. The molecule has 0 saturated carbocycles. The van der Waals surface area contributed by atoms with Crippen LogP contribution in [-0.2, 0) is 0 Å². The zero-order valence-corrected chi connectivity index (χ0v) is 12.4. The minimum Gasteiger partial charge on any atom is -0.497 e. The highest BCUT2D eigenvalue weighted by atomic mass is 16.5. The fraction of sp³-hybridized carbons (Fsp3) is 0.294. The highest BCUT2D eigenvalue weighted by Crippen LogP contribution is 2.25. The molecule has 0 spiro atoms. The summed E-state index contributed by atoms with van der Waals surface area (Å²) in [5.74, 6) is 1.58. The minimum atomic E-state index is -0.197. The molecule has 0 bridgehead atoms. The first-order valence-electron chi connectivity index (χ1n) is 7.01. The van der Waals surface area contributed by atoms with Crippen LogP contribution in [0.15, 0.2) is 48.5 Å². The van der Waals surface area contributed by atoms with Crippen LogP contribution in [0.2, 0.25) is 0 Å². The predicted molar refractivity (Wildman–Crippen MR) is 84.1 cm³/mol. The second kappa shape index (κ2) is 7.55. The van der Waals surface area contributed by atoms with E-state index >= 15 is 0 Å². The minimum absolute atomic E-state index is 0.00715. The Hall–Kier alpha value is -2.20. The number of nitrogens with one attached hydrogen (secondary N) is 1. The number of ether oxygens (including phenoxy) is 2. The van der Waals surface area contributed by atoms with E-state index in [1.54, 1.807) is 7.11 Å². The van der Waals surface area contributed by atoms with Crippen molar-refractivity contribution in [2.75, 3.05) is 25.6 Å². The molecule has 112 valence electrons. The summed E-state index contributed by atoms with van der Waals surface area (Å²) >= 11 is 0. The molecule has 0 radical (unpaired) electrons. The van der Waals surface area contributed by atoms with E-state index in [-0.39, 0.29) is 12.6 Å². The fourth-order valence-electron chi connectivity index (χ4n) is 2.14. The van der Waals surface area contributed by atoms with Crippen LogP contribution in [0.3, 0.4) is 0 Å². The van der Waals surface area contributed by atoms with E-state index in [4.69, 9.17) is 9.47 Å². The molecule has 4 heteroatoms. The van der Waals surface area contributed by atoms with E-state index in [1.807, 2.05) is 55.5 Å². The van der Waals surface area contributed by atoms with Crippen molar-refractivity contribution in [1.82, 2.24) is 0 Å². The van der Waals surface area contributed by atoms with E-state index < -0.39 is 0 Å². The summed E-state index contributed by atoms with van der Waals surface area (Å²) in [4.78, 5) is 0. The lowest BCUT2D eigenvalue weighted by Crippen LogP contribution is -2.15. The lowest BCUT2D eigenvalue weighted by atomic mass is 10.1. The quantitative estimate of drug-likeness (QED) is 0.821. The summed E-state index contributed by atoms with van der Waals surface area (Å²) in [6.45, 7) is 2.56. The molecule has 0 aliphatic rings. The molecule has 4 nitrogen and oxygen atoms in total. The molecule has 0 aromatic heterocycles. The summed E-state index contributed by atoms with van der Waals surface area (Å²) < 4.78 is 10.7. The molecule has 0 aliphatic heterocycles. The Balaban J connectivity index is 2.17. The average Bonchev–Trinajstić information content (AvgIpc) is 2.53. The summed E-state index contributed by atoms with van der Waals surface area (Å²) in [6.07, 6.45) is 0. The van der Waals surface area contributed by atoms with Gasteiger partial charge in [-0.25, -0.2) is 0 Å². The molecule has 0 amide bonds. The van der Waals surface area contributed by atoms with Crippen LogP contribution >= 0.6 is 0 Å². The van der Waals surface area contributed by atoms with Gasteiger partial charge in [0.1, 0.15) is 11.5 Å². The molecular formula is C17H21NO3. The number of aliphatic hydroxyl groups excluding tert-OH is 1. The third kappa shape index (κ3) is 4.13. The van der Waals surface area contributed by atoms with Gasteiger partial charge in [-0.3, -0.25) is 0 Å². The van der Waals surface area contributed by atoms with Crippen molar-refractivity contribution in [3.8, 4) is 11.5 Å². The first kappa shape index (κ1) is 15.2.